The molecule has 15 aromatic heterocycles. The number of nitrogens with zero attached hydrogens (tertiary/aromatic N) is 10. The average Bonchev–Trinajstić information content (AvgIpc) is 1.60. The number of furan rings is 5. The van der Waals surface area contributed by atoms with Gasteiger partial charge in [0.05, 0.1) is 44.0 Å². The molecule has 0 aliphatic rings. The molecule has 0 amide bonds. The average molecular weight is 1970 g/mol. The second kappa shape index (κ2) is 39.3. The van der Waals surface area contributed by atoms with Gasteiger partial charge in [-0.05, 0) is 274 Å². The van der Waals surface area contributed by atoms with E-state index < -0.39 is 11.8 Å². The largest absolute Gasteiger partial charge is 0.437 e. The number of hydrogen-bond acceptors (Lipinski definition) is 10. The van der Waals surface area contributed by atoms with E-state index in [-0.39, 0.29) is 5.41 Å². The van der Waals surface area contributed by atoms with Gasteiger partial charge in [-0.1, -0.05) is 203 Å². The number of aryl methyl sites for hydroxylation is 17. The molecular formula is C134H133N10O5+5. The maximum atomic E-state index is 8.71. The molecule has 10 aromatic carbocycles. The molecule has 15 heterocycles. The Morgan fingerprint density at radius 3 is 0.933 bits per heavy atom. The van der Waals surface area contributed by atoms with Crippen molar-refractivity contribution >= 4 is 164 Å². The van der Waals surface area contributed by atoms with Crippen molar-refractivity contribution < 1.29 is 47.7 Å². The van der Waals surface area contributed by atoms with E-state index in [1.165, 1.54) is 111 Å². The van der Waals surface area contributed by atoms with Crippen molar-refractivity contribution in [1.29, 1.82) is 0 Å². The van der Waals surface area contributed by atoms with Gasteiger partial charge in [-0.15, -0.1) is 0 Å². The number of hydrogen-bond donors (Lipinski definition) is 0. The van der Waals surface area contributed by atoms with Crippen LogP contribution in [-0.4, -0.2) is 24.9 Å². The Morgan fingerprint density at radius 2 is 0.584 bits per heavy atom. The van der Waals surface area contributed by atoms with E-state index in [2.05, 4.69) is 378 Å². The Hall–Kier alpha value is -16.0. The van der Waals surface area contributed by atoms with Crippen LogP contribution < -0.4 is 22.8 Å². The van der Waals surface area contributed by atoms with Gasteiger partial charge in [-0.3, -0.25) is 0 Å². The zero-order chi connectivity index (χ0) is 106. The normalized spacial score (nSPS) is 12.3. The van der Waals surface area contributed by atoms with Gasteiger partial charge in [0.15, 0.2) is 46.5 Å². The Labute approximate surface area is 874 Å². The van der Waals surface area contributed by atoms with E-state index in [1.807, 2.05) is 117 Å². The fourth-order valence-corrected chi connectivity index (χ4v) is 22.3. The van der Waals surface area contributed by atoms with Crippen molar-refractivity contribution in [3.05, 3.63) is 357 Å². The molecule has 15 nitrogen and oxygen atoms in total. The van der Waals surface area contributed by atoms with Crippen LogP contribution in [0, 0.1) is 80.1 Å². The Balaban J connectivity index is 0.000000110. The summed E-state index contributed by atoms with van der Waals surface area (Å²) in [7, 11) is 10.6. The quantitative estimate of drug-likeness (QED) is 0.108. The van der Waals surface area contributed by atoms with Gasteiger partial charge in [-0.25, -0.2) is 38.6 Å². The van der Waals surface area contributed by atoms with E-state index in [0.717, 1.165) is 192 Å². The summed E-state index contributed by atoms with van der Waals surface area (Å²) in [6.45, 7) is 42.4. The fraction of sp³-hybridized carbons (Fsp3) is 0.254. The van der Waals surface area contributed by atoms with Crippen LogP contribution in [0.5, 0.6) is 0 Å². The molecule has 0 unspecified atom stereocenters. The molecule has 0 bridgehead atoms. The highest BCUT2D eigenvalue weighted by Crippen LogP contribution is 2.47. The van der Waals surface area contributed by atoms with Gasteiger partial charge in [0.1, 0.15) is 35.2 Å². The SMILES string of the molecule is CCCc1cc(-c2c(C)ccc3c2oc2nc(C)ccc23)[n+](C)c2ccccc12.CCCc1ccc2c(-c3c(C)ccc4c3oc3nc(C)ccc34)[n+](C)ccc2c1.Cc1ccc2c(n1)oc1c(-c3c4ccc(CC(C)(C)C)cc4cc[n+]3C)c(C)ccc12.Cc1ccc2c(n1)oc1c(-c3cc(C(C)C)c4ccccc4[n+]3C)c(C)ccc12.[2H]C([2H])(c1ccc2c(-c3c(C)ccc4c3oc3nc(C)ccc34)[n+](C)ccc2c1)C(C)(C)C. The first kappa shape index (κ1) is 96.5. The molecule has 149 heavy (non-hydrogen) atoms. The minimum Gasteiger partial charge on any atom is -0.437 e. The zero-order valence-electron chi connectivity index (χ0n) is 92.6. The molecule has 25 aromatic rings. The summed E-state index contributed by atoms with van der Waals surface area (Å²) in [4.78, 5) is 23.1. The zero-order valence-corrected chi connectivity index (χ0v) is 90.6. The van der Waals surface area contributed by atoms with Crippen molar-refractivity contribution in [2.45, 2.75) is 183 Å². The van der Waals surface area contributed by atoms with Crippen LogP contribution in [0.2, 0.25) is 0 Å². The van der Waals surface area contributed by atoms with Gasteiger partial charge in [0.25, 0.3) is 0 Å². The predicted octanol–water partition coefficient (Wildman–Crippen LogP) is 32.4. The van der Waals surface area contributed by atoms with Crippen LogP contribution in [0.15, 0.2) is 295 Å². The summed E-state index contributed by atoms with van der Waals surface area (Å²) < 4.78 is 60.3. The lowest BCUT2D eigenvalue weighted by molar-refractivity contribution is -0.659. The van der Waals surface area contributed by atoms with E-state index in [0.29, 0.717) is 40.0 Å². The van der Waals surface area contributed by atoms with Crippen molar-refractivity contribution in [2.75, 3.05) is 0 Å². The van der Waals surface area contributed by atoms with E-state index in [9.17, 15) is 0 Å². The maximum Gasteiger partial charge on any atom is 0.227 e. The second-order valence-corrected chi connectivity index (χ2v) is 43.6. The van der Waals surface area contributed by atoms with Gasteiger partial charge >= 0.3 is 0 Å². The third-order valence-electron chi connectivity index (χ3n) is 29.5. The Morgan fingerprint density at radius 1 is 0.289 bits per heavy atom. The van der Waals surface area contributed by atoms with Gasteiger partial charge in [-0.2, -0.15) is 9.13 Å². The van der Waals surface area contributed by atoms with Crippen molar-refractivity contribution in [3.8, 4) is 56.3 Å². The molecule has 744 valence electrons. The molecule has 0 aliphatic carbocycles. The van der Waals surface area contributed by atoms with Crippen molar-refractivity contribution in [2.24, 2.45) is 46.1 Å². The first-order valence-corrected chi connectivity index (χ1v) is 52.4. The molecule has 0 saturated heterocycles. The van der Waals surface area contributed by atoms with E-state index >= 15 is 0 Å². The number of benzene rings is 10. The minimum atomic E-state index is -1.45. The van der Waals surface area contributed by atoms with E-state index in [4.69, 9.17) is 24.8 Å². The molecule has 15 heteroatoms. The van der Waals surface area contributed by atoms with Crippen LogP contribution in [0.4, 0.5) is 0 Å². The predicted molar refractivity (Wildman–Crippen MR) is 614 cm³/mol. The highest BCUT2D eigenvalue weighted by atomic mass is 16.4. The molecule has 0 spiro atoms. The van der Waals surface area contributed by atoms with Crippen molar-refractivity contribution in [1.82, 2.24) is 24.9 Å². The molecular weight excluding hydrogens is 1830 g/mol. The standard InChI is InChI=1S/2C28H29N2O.3C26H25N2O/c2*1-17-7-10-22-23-11-8-18(2)29-27(23)31-26(22)24(17)25-21-12-9-19(16-28(3,4)5)15-20(21)13-14-30(25)6;1-15(2)21-14-23(28(5)22-9-7-6-8-18(21)22)24-16(3)10-12-19-20-13-11-17(4)27-26(20)29-25(19)24;1-5-8-18-15-23(28(4)22-10-7-6-9-19(18)22)24-16(2)11-13-20-21-14-12-17(3)27-26(21)29-25(20)24;1-5-6-18-9-12-20-19(15-18)13-14-28(4)24(20)23-16(2)7-10-21-22-11-8-17(3)27-26(22)29-25(21)23/h2*7-15H,16H2,1-6H3;6-15H,1-5H3;6-7,9-15H,5,8H2,1-4H3;7-15H,5-6H2,1-4H3/q5*+1/i16D2;;;;. The minimum absolute atomic E-state index is 0.261. The lowest BCUT2D eigenvalue weighted by atomic mass is 9.87. The molecule has 0 N–H and O–H groups in total. The molecule has 0 radical (unpaired) electrons. The lowest BCUT2D eigenvalue weighted by Crippen LogP contribution is -2.33. The van der Waals surface area contributed by atoms with Crippen LogP contribution in [0.3, 0.4) is 0 Å². The Bertz CT molecular complexity index is 9820. The third-order valence-corrected chi connectivity index (χ3v) is 29.5. The summed E-state index contributed by atoms with van der Waals surface area (Å²) >= 11 is 0. The van der Waals surface area contributed by atoms with Crippen molar-refractivity contribution in [3.63, 3.8) is 0 Å². The molecule has 0 fully saturated rings. The number of para-hydroxylation sites is 2. The summed E-state index contributed by atoms with van der Waals surface area (Å²) in [6, 6.07) is 90.5. The first-order valence-electron chi connectivity index (χ1n) is 53.4. The summed E-state index contributed by atoms with van der Waals surface area (Å²) in [5.41, 5.74) is 38.6. The lowest BCUT2D eigenvalue weighted by Gasteiger charge is -2.18. The maximum absolute atomic E-state index is 8.71. The van der Waals surface area contributed by atoms with Gasteiger partial charge in [0, 0.05) is 138 Å². The number of fused-ring (bicyclic) bond motifs is 20. The fourth-order valence-electron chi connectivity index (χ4n) is 22.3. The summed E-state index contributed by atoms with van der Waals surface area (Å²) in [6.07, 6.45) is 10.4. The highest BCUT2D eigenvalue weighted by Gasteiger charge is 2.33. The van der Waals surface area contributed by atoms with E-state index in [1.54, 1.807) is 0 Å². The molecule has 0 atom stereocenters. The Kier molecular flexibility index (Phi) is 25.5. The van der Waals surface area contributed by atoms with Crippen LogP contribution in [-0.2, 0) is 60.9 Å². The molecule has 0 aliphatic heterocycles. The van der Waals surface area contributed by atoms with Crippen LogP contribution in [0.1, 0.15) is 175 Å². The summed E-state index contributed by atoms with van der Waals surface area (Å²) in [5.74, 6) is 0.430. The highest BCUT2D eigenvalue weighted by molar-refractivity contribution is 6.16. The number of aromatic nitrogens is 10. The van der Waals surface area contributed by atoms with Crippen LogP contribution >= 0.6 is 0 Å². The third kappa shape index (κ3) is 18.6. The molecule has 25 rings (SSSR count). The first-order chi connectivity index (χ1) is 72.3. The summed E-state index contributed by atoms with van der Waals surface area (Å²) in [5, 5.41) is 20.5. The smallest absolute Gasteiger partial charge is 0.227 e. The number of pyridine rings is 10. The molecule has 0 saturated carbocycles. The van der Waals surface area contributed by atoms with Crippen LogP contribution in [0.25, 0.3) is 221 Å². The topological polar surface area (TPSA) is 150 Å². The van der Waals surface area contributed by atoms with Gasteiger partial charge in [0.2, 0.25) is 68.1 Å². The van der Waals surface area contributed by atoms with Gasteiger partial charge < -0.3 is 22.1 Å². The second-order valence-electron chi connectivity index (χ2n) is 43.6. The number of rotatable bonds is 12. The monoisotopic (exact) mass is 1960 g/mol.